The number of para-hydroxylation sites is 1. The van der Waals surface area contributed by atoms with Crippen molar-refractivity contribution in [1.29, 1.82) is 0 Å². The molecule has 3 heterocycles. The molecule has 0 spiro atoms. The maximum atomic E-state index is 12.9. The van der Waals surface area contributed by atoms with Crippen LogP contribution in [-0.2, 0) is 16.6 Å². The molecular weight excluding hydrogens is 466 g/mol. The van der Waals surface area contributed by atoms with Crippen molar-refractivity contribution in [3.05, 3.63) is 108 Å². The van der Waals surface area contributed by atoms with Crippen LogP contribution in [0.3, 0.4) is 0 Å². The van der Waals surface area contributed by atoms with E-state index in [9.17, 15) is 13.2 Å². The summed E-state index contributed by atoms with van der Waals surface area (Å²) < 4.78 is 37.0. The number of imidazole rings is 1. The lowest BCUT2D eigenvalue weighted by Crippen LogP contribution is -2.32. The monoisotopic (exact) mass is 487 g/mol. The van der Waals surface area contributed by atoms with Gasteiger partial charge in [0, 0.05) is 18.0 Å². The number of aryl methyl sites for hydroxylation is 1. The molecule has 0 radical (unpaired) electrons. The number of sulfonamides is 1. The molecule has 0 aliphatic carbocycles. The Labute approximate surface area is 201 Å². The van der Waals surface area contributed by atoms with Crippen molar-refractivity contribution >= 4 is 21.6 Å². The normalized spacial score (nSPS) is 11.5. The molecule has 0 aliphatic heterocycles. The van der Waals surface area contributed by atoms with E-state index in [2.05, 4.69) is 14.8 Å². The molecule has 35 heavy (non-hydrogen) atoms. The first kappa shape index (κ1) is 22.4. The number of carbonyl (C=O) groups is 1. The summed E-state index contributed by atoms with van der Waals surface area (Å²) in [6, 6.07) is 20.3. The fraction of sp³-hybridized carbons (Fsp3) is 0.0800. The number of amides is 1. The highest BCUT2D eigenvalue weighted by atomic mass is 32.2. The number of pyridine rings is 1. The average Bonchev–Trinajstić information content (AvgIpc) is 3.51. The van der Waals surface area contributed by atoms with Crippen LogP contribution in [0.15, 0.2) is 96.4 Å². The van der Waals surface area contributed by atoms with E-state index in [0.717, 1.165) is 16.9 Å². The molecule has 1 N–H and O–H groups in total. The molecule has 0 aliphatic rings. The van der Waals surface area contributed by atoms with Crippen LogP contribution in [0.4, 0.5) is 0 Å². The number of aromatic nitrogens is 4. The van der Waals surface area contributed by atoms with Gasteiger partial charge in [0.2, 0.25) is 0 Å². The lowest BCUT2D eigenvalue weighted by atomic mass is 10.2. The first-order chi connectivity index (χ1) is 16.9. The summed E-state index contributed by atoms with van der Waals surface area (Å²) in [6.45, 7) is 2.20. The zero-order valence-corrected chi connectivity index (χ0v) is 19.5. The zero-order valence-electron chi connectivity index (χ0n) is 18.7. The minimum atomic E-state index is -4.18. The van der Waals surface area contributed by atoms with Crippen molar-refractivity contribution < 1.29 is 17.9 Å². The predicted molar refractivity (Wildman–Crippen MR) is 129 cm³/mol. The number of nitrogens with one attached hydrogen (secondary N) is 1. The number of carbonyl (C=O) groups excluding carboxylic acids is 1. The molecule has 10 heteroatoms. The van der Waals surface area contributed by atoms with Crippen LogP contribution < -0.4 is 9.46 Å². The molecule has 176 valence electrons. The van der Waals surface area contributed by atoms with E-state index in [1.807, 2.05) is 41.9 Å². The van der Waals surface area contributed by atoms with E-state index in [4.69, 9.17) is 4.74 Å². The van der Waals surface area contributed by atoms with Gasteiger partial charge in [-0.05, 0) is 55.0 Å². The highest BCUT2D eigenvalue weighted by Crippen LogP contribution is 2.18. The van der Waals surface area contributed by atoms with Gasteiger partial charge < -0.3 is 9.14 Å². The van der Waals surface area contributed by atoms with Crippen molar-refractivity contribution in [3.8, 4) is 11.4 Å². The van der Waals surface area contributed by atoms with Gasteiger partial charge in [0.15, 0.2) is 5.03 Å². The summed E-state index contributed by atoms with van der Waals surface area (Å²) in [5.74, 6) is -0.364. The fourth-order valence-corrected chi connectivity index (χ4v) is 4.69. The van der Waals surface area contributed by atoms with Gasteiger partial charge in [-0.1, -0.05) is 30.3 Å². The second-order valence-corrected chi connectivity index (χ2v) is 9.50. The third-order valence-corrected chi connectivity index (χ3v) is 6.56. The number of ether oxygens (including phenoxy) is 1. The third-order valence-electron chi connectivity index (χ3n) is 5.24. The van der Waals surface area contributed by atoms with Crippen molar-refractivity contribution in [2.75, 3.05) is 0 Å². The van der Waals surface area contributed by atoms with Crippen LogP contribution in [0.25, 0.3) is 11.3 Å². The second kappa shape index (κ2) is 9.07. The summed E-state index contributed by atoms with van der Waals surface area (Å²) in [7, 11) is -4.18. The van der Waals surface area contributed by atoms with Gasteiger partial charge >= 0.3 is 0 Å². The smallest absolute Gasteiger partial charge is 0.281 e. The summed E-state index contributed by atoms with van der Waals surface area (Å²) in [5.41, 5.74) is 3.35. The maximum Gasteiger partial charge on any atom is 0.281 e. The zero-order chi connectivity index (χ0) is 24.4. The molecule has 0 unspecified atom stereocenters. The Kier molecular flexibility index (Phi) is 5.79. The van der Waals surface area contributed by atoms with Crippen molar-refractivity contribution in [3.63, 3.8) is 0 Å². The quantitative estimate of drug-likeness (QED) is 0.376. The number of hydrogen-bond acceptors (Lipinski definition) is 6. The SMILES string of the molecule is Cc1ccc2nc(COc3cccc(C(=O)NS(=O)(=O)c4ccnn4-c4ccccc4)c3)cn2c1. The molecule has 0 atom stereocenters. The predicted octanol–water partition coefficient (Wildman–Crippen LogP) is 3.53. The average molecular weight is 488 g/mol. The summed E-state index contributed by atoms with van der Waals surface area (Å²) >= 11 is 0. The molecule has 3 aromatic heterocycles. The first-order valence-electron chi connectivity index (χ1n) is 10.7. The highest BCUT2D eigenvalue weighted by Gasteiger charge is 2.24. The van der Waals surface area contributed by atoms with Crippen LogP contribution in [-0.4, -0.2) is 33.5 Å². The molecule has 0 fully saturated rings. The Morgan fingerprint density at radius 3 is 2.66 bits per heavy atom. The molecule has 5 rings (SSSR count). The van der Waals surface area contributed by atoms with E-state index in [1.54, 1.807) is 36.4 Å². The molecule has 9 nitrogen and oxygen atoms in total. The molecule has 1 amide bonds. The molecule has 2 aromatic carbocycles. The largest absolute Gasteiger partial charge is 0.487 e. The molecule has 0 saturated heterocycles. The Morgan fingerprint density at radius 2 is 1.83 bits per heavy atom. The Morgan fingerprint density at radius 1 is 1.00 bits per heavy atom. The lowest BCUT2D eigenvalue weighted by molar-refractivity contribution is 0.0980. The number of benzene rings is 2. The highest BCUT2D eigenvalue weighted by molar-refractivity contribution is 7.90. The molecule has 0 bridgehead atoms. The number of rotatable bonds is 7. The van der Waals surface area contributed by atoms with E-state index in [-0.39, 0.29) is 17.2 Å². The minimum absolute atomic E-state index is 0.141. The number of nitrogens with zero attached hydrogens (tertiary/aromatic N) is 4. The number of fused-ring (bicyclic) bond motifs is 1. The maximum absolute atomic E-state index is 12.9. The Hall–Kier alpha value is -4.44. The summed E-state index contributed by atoms with van der Waals surface area (Å²) in [5, 5.41) is 3.93. The lowest BCUT2D eigenvalue weighted by Gasteiger charge is -2.10. The van der Waals surface area contributed by atoms with E-state index < -0.39 is 15.9 Å². The molecule has 5 aromatic rings. The third kappa shape index (κ3) is 4.78. The first-order valence-corrected chi connectivity index (χ1v) is 12.2. The molecule has 0 saturated carbocycles. The second-order valence-electron chi connectivity index (χ2n) is 7.87. The topological polar surface area (TPSA) is 108 Å². The van der Waals surface area contributed by atoms with Crippen LogP contribution in [0.1, 0.15) is 21.6 Å². The minimum Gasteiger partial charge on any atom is -0.487 e. The Bertz CT molecular complexity index is 1620. The van der Waals surface area contributed by atoms with Crippen LogP contribution in [0, 0.1) is 6.92 Å². The van der Waals surface area contributed by atoms with E-state index in [0.29, 0.717) is 11.4 Å². The van der Waals surface area contributed by atoms with Gasteiger partial charge in [0.25, 0.3) is 15.9 Å². The van der Waals surface area contributed by atoms with Gasteiger partial charge in [0.05, 0.1) is 17.6 Å². The van der Waals surface area contributed by atoms with Crippen molar-refractivity contribution in [1.82, 2.24) is 23.9 Å². The van der Waals surface area contributed by atoms with Gasteiger partial charge in [-0.2, -0.15) is 13.5 Å². The van der Waals surface area contributed by atoms with E-state index in [1.165, 1.54) is 29.1 Å². The van der Waals surface area contributed by atoms with Crippen LogP contribution >= 0.6 is 0 Å². The summed E-state index contributed by atoms with van der Waals surface area (Å²) in [4.78, 5) is 17.3. The molecular formula is C25H21N5O4S. The van der Waals surface area contributed by atoms with Gasteiger partial charge in [0.1, 0.15) is 18.0 Å². The Balaban J connectivity index is 1.30. The van der Waals surface area contributed by atoms with Gasteiger partial charge in [-0.25, -0.2) is 14.4 Å². The standard InChI is InChI=1S/C25H21N5O4S/c1-18-10-11-23-27-20(16-29(23)15-18)17-34-22-9-5-6-19(14-22)25(31)28-35(32,33)24-12-13-26-30(24)21-7-3-2-4-8-21/h2-16H,17H2,1H3,(H,28,31). The van der Waals surface area contributed by atoms with Crippen LogP contribution in [0.5, 0.6) is 5.75 Å². The van der Waals surface area contributed by atoms with Crippen LogP contribution in [0.2, 0.25) is 0 Å². The fourth-order valence-electron chi connectivity index (χ4n) is 3.60. The van der Waals surface area contributed by atoms with Gasteiger partial charge in [-0.15, -0.1) is 0 Å². The van der Waals surface area contributed by atoms with E-state index >= 15 is 0 Å². The van der Waals surface area contributed by atoms with Gasteiger partial charge in [-0.3, -0.25) is 4.79 Å². The number of hydrogen-bond donors (Lipinski definition) is 1. The summed E-state index contributed by atoms with van der Waals surface area (Å²) in [6.07, 6.45) is 5.21. The van der Waals surface area contributed by atoms with Crippen molar-refractivity contribution in [2.45, 2.75) is 18.6 Å². The van der Waals surface area contributed by atoms with Crippen molar-refractivity contribution in [2.24, 2.45) is 0 Å².